The number of rotatable bonds is 5. The van der Waals surface area contributed by atoms with Gasteiger partial charge in [0.15, 0.2) is 0 Å². The lowest BCUT2D eigenvalue weighted by Crippen LogP contribution is -2.41. The van der Waals surface area contributed by atoms with Gasteiger partial charge in [-0.15, -0.1) is 0 Å². The number of anilines is 1. The van der Waals surface area contributed by atoms with E-state index in [1.165, 1.54) is 12.1 Å². The van der Waals surface area contributed by atoms with Gasteiger partial charge >= 0.3 is 6.03 Å². The lowest BCUT2D eigenvalue weighted by molar-refractivity contribution is 0.0949. The molecule has 3 amide bonds. The number of nitrogens with zero attached hydrogens (tertiary/aromatic N) is 1. The van der Waals surface area contributed by atoms with Crippen molar-refractivity contribution in [3.63, 3.8) is 0 Å². The molecule has 0 saturated carbocycles. The van der Waals surface area contributed by atoms with Crippen molar-refractivity contribution in [3.05, 3.63) is 66.0 Å². The van der Waals surface area contributed by atoms with Gasteiger partial charge in [-0.3, -0.25) is 4.79 Å². The molecule has 2 aromatic rings. The molecular weight excluding hydrogens is 345 g/mol. The fourth-order valence-electron chi connectivity index (χ4n) is 3.27. The standard InChI is InChI=1S/C21H24FN3O2/c22-18-7-4-8-19(15-18)24-21(27)25-13-10-16(11-14-25)9-12-23-20(26)17-5-2-1-3-6-17/h1-8,15-16H,9-14H2,(H,23,26)(H,24,27). The summed E-state index contributed by atoms with van der Waals surface area (Å²) in [6, 6.07) is 14.9. The summed E-state index contributed by atoms with van der Waals surface area (Å²) < 4.78 is 13.2. The molecule has 0 radical (unpaired) electrons. The molecule has 142 valence electrons. The average molecular weight is 369 g/mol. The van der Waals surface area contributed by atoms with Crippen LogP contribution in [0, 0.1) is 11.7 Å². The van der Waals surface area contributed by atoms with Crippen LogP contribution in [0.1, 0.15) is 29.6 Å². The number of benzene rings is 2. The molecule has 2 aromatic carbocycles. The topological polar surface area (TPSA) is 61.4 Å². The molecule has 1 saturated heterocycles. The van der Waals surface area contributed by atoms with E-state index in [1.54, 1.807) is 29.2 Å². The first kappa shape index (κ1) is 18.9. The maximum atomic E-state index is 13.2. The molecule has 27 heavy (non-hydrogen) atoms. The van der Waals surface area contributed by atoms with Gasteiger partial charge in [0.05, 0.1) is 0 Å². The number of likely N-dealkylation sites (tertiary alicyclic amines) is 1. The number of hydrogen-bond donors (Lipinski definition) is 2. The van der Waals surface area contributed by atoms with Crippen LogP contribution in [0.5, 0.6) is 0 Å². The monoisotopic (exact) mass is 369 g/mol. The van der Waals surface area contributed by atoms with Gasteiger partial charge in [0.1, 0.15) is 5.82 Å². The quantitative estimate of drug-likeness (QED) is 0.840. The van der Waals surface area contributed by atoms with Crippen molar-refractivity contribution in [2.45, 2.75) is 19.3 Å². The Balaban J connectivity index is 1.37. The lowest BCUT2D eigenvalue weighted by Gasteiger charge is -2.32. The molecule has 5 nitrogen and oxygen atoms in total. The first-order valence-corrected chi connectivity index (χ1v) is 9.26. The highest BCUT2D eigenvalue weighted by Crippen LogP contribution is 2.21. The number of carbonyl (C=O) groups is 2. The third-order valence-electron chi connectivity index (χ3n) is 4.85. The number of piperidine rings is 1. The summed E-state index contributed by atoms with van der Waals surface area (Å²) in [6.07, 6.45) is 2.70. The van der Waals surface area contributed by atoms with Crippen LogP contribution in [0.4, 0.5) is 14.9 Å². The van der Waals surface area contributed by atoms with E-state index >= 15 is 0 Å². The summed E-state index contributed by atoms with van der Waals surface area (Å²) in [5.74, 6) is 0.0610. The molecule has 6 heteroatoms. The molecular formula is C21H24FN3O2. The van der Waals surface area contributed by atoms with Gasteiger partial charge in [0.25, 0.3) is 5.91 Å². The molecule has 1 aliphatic heterocycles. The van der Waals surface area contributed by atoms with Gasteiger partial charge in [0.2, 0.25) is 0 Å². The van der Waals surface area contributed by atoms with Crippen molar-refractivity contribution in [3.8, 4) is 0 Å². The summed E-state index contributed by atoms with van der Waals surface area (Å²) in [6.45, 7) is 1.96. The number of nitrogens with one attached hydrogen (secondary N) is 2. The fourth-order valence-corrected chi connectivity index (χ4v) is 3.27. The number of carbonyl (C=O) groups excluding carboxylic acids is 2. The molecule has 1 aliphatic rings. The minimum absolute atomic E-state index is 0.0532. The van der Waals surface area contributed by atoms with Crippen molar-refractivity contribution in [1.82, 2.24) is 10.2 Å². The number of hydrogen-bond acceptors (Lipinski definition) is 2. The largest absolute Gasteiger partial charge is 0.352 e. The van der Waals surface area contributed by atoms with Crippen LogP contribution in [-0.2, 0) is 0 Å². The van der Waals surface area contributed by atoms with Crippen molar-refractivity contribution >= 4 is 17.6 Å². The Hall–Kier alpha value is -2.89. The van der Waals surface area contributed by atoms with Gasteiger partial charge in [-0.2, -0.15) is 0 Å². The zero-order valence-corrected chi connectivity index (χ0v) is 15.2. The summed E-state index contributed by atoms with van der Waals surface area (Å²) in [4.78, 5) is 26.1. The smallest absolute Gasteiger partial charge is 0.321 e. The third-order valence-corrected chi connectivity index (χ3v) is 4.85. The zero-order valence-electron chi connectivity index (χ0n) is 15.2. The Bertz CT molecular complexity index is 774. The van der Waals surface area contributed by atoms with E-state index in [-0.39, 0.29) is 17.8 Å². The first-order chi connectivity index (χ1) is 13.1. The molecule has 0 aromatic heterocycles. The van der Waals surface area contributed by atoms with E-state index in [0.29, 0.717) is 36.8 Å². The van der Waals surface area contributed by atoms with E-state index in [4.69, 9.17) is 0 Å². The van der Waals surface area contributed by atoms with Crippen molar-refractivity contribution < 1.29 is 14.0 Å². The lowest BCUT2D eigenvalue weighted by atomic mass is 9.93. The molecule has 3 rings (SSSR count). The van der Waals surface area contributed by atoms with Crippen LogP contribution < -0.4 is 10.6 Å². The second-order valence-corrected chi connectivity index (χ2v) is 6.78. The minimum atomic E-state index is -0.371. The summed E-state index contributed by atoms with van der Waals surface area (Å²) in [7, 11) is 0. The van der Waals surface area contributed by atoms with E-state index in [0.717, 1.165) is 19.3 Å². The second-order valence-electron chi connectivity index (χ2n) is 6.78. The van der Waals surface area contributed by atoms with Gasteiger partial charge in [-0.25, -0.2) is 9.18 Å². The van der Waals surface area contributed by atoms with Crippen molar-refractivity contribution in [1.29, 1.82) is 0 Å². The summed E-state index contributed by atoms with van der Waals surface area (Å²) >= 11 is 0. The Morgan fingerprint density at radius 2 is 1.78 bits per heavy atom. The van der Waals surface area contributed by atoms with Gasteiger partial charge < -0.3 is 15.5 Å². The van der Waals surface area contributed by atoms with E-state index < -0.39 is 0 Å². The van der Waals surface area contributed by atoms with Crippen LogP contribution in [-0.4, -0.2) is 36.5 Å². The normalized spacial score (nSPS) is 14.6. The molecule has 1 fully saturated rings. The highest BCUT2D eigenvalue weighted by molar-refractivity contribution is 5.94. The predicted molar refractivity (Wildman–Crippen MR) is 103 cm³/mol. The SMILES string of the molecule is O=C(NCCC1CCN(C(=O)Nc2cccc(F)c2)CC1)c1ccccc1. The van der Waals surface area contributed by atoms with E-state index in [9.17, 15) is 14.0 Å². The molecule has 2 N–H and O–H groups in total. The van der Waals surface area contributed by atoms with Crippen LogP contribution in [0.2, 0.25) is 0 Å². The highest BCUT2D eigenvalue weighted by atomic mass is 19.1. The fraction of sp³-hybridized carbons (Fsp3) is 0.333. The minimum Gasteiger partial charge on any atom is -0.352 e. The van der Waals surface area contributed by atoms with Crippen LogP contribution in [0.3, 0.4) is 0 Å². The predicted octanol–water partition coefficient (Wildman–Crippen LogP) is 3.89. The zero-order chi connectivity index (χ0) is 19.1. The van der Waals surface area contributed by atoms with Crippen LogP contribution in [0.15, 0.2) is 54.6 Å². The Morgan fingerprint density at radius 3 is 2.48 bits per heavy atom. The second kappa shape index (κ2) is 9.16. The molecule has 0 unspecified atom stereocenters. The number of amides is 3. The molecule has 0 atom stereocenters. The van der Waals surface area contributed by atoms with Gasteiger partial charge in [0, 0.05) is 30.9 Å². The van der Waals surface area contributed by atoms with Crippen molar-refractivity contribution in [2.24, 2.45) is 5.92 Å². The number of urea groups is 1. The molecule has 0 bridgehead atoms. The number of halogens is 1. The van der Waals surface area contributed by atoms with Crippen molar-refractivity contribution in [2.75, 3.05) is 25.0 Å². The maximum Gasteiger partial charge on any atom is 0.321 e. The summed E-state index contributed by atoms with van der Waals surface area (Å²) in [5.41, 5.74) is 1.13. The van der Waals surface area contributed by atoms with E-state index in [1.807, 2.05) is 18.2 Å². The maximum absolute atomic E-state index is 13.2. The molecule has 0 spiro atoms. The Kier molecular flexibility index (Phi) is 6.41. The Labute approximate surface area is 158 Å². The highest BCUT2D eigenvalue weighted by Gasteiger charge is 2.22. The van der Waals surface area contributed by atoms with Gasteiger partial charge in [-0.1, -0.05) is 24.3 Å². The van der Waals surface area contributed by atoms with Gasteiger partial charge in [-0.05, 0) is 55.5 Å². The summed E-state index contributed by atoms with van der Waals surface area (Å²) in [5, 5.41) is 5.68. The average Bonchev–Trinajstić information content (AvgIpc) is 2.69. The Morgan fingerprint density at radius 1 is 1.04 bits per heavy atom. The third kappa shape index (κ3) is 5.54. The molecule has 1 heterocycles. The first-order valence-electron chi connectivity index (χ1n) is 9.26. The van der Waals surface area contributed by atoms with Crippen LogP contribution >= 0.6 is 0 Å². The van der Waals surface area contributed by atoms with Crippen LogP contribution in [0.25, 0.3) is 0 Å². The molecule has 0 aliphatic carbocycles. The van der Waals surface area contributed by atoms with E-state index in [2.05, 4.69) is 10.6 Å².